The van der Waals surface area contributed by atoms with Crippen LogP contribution in [-0.4, -0.2) is 29.0 Å². The molecule has 0 bridgehead atoms. The van der Waals surface area contributed by atoms with E-state index in [9.17, 15) is 4.79 Å². The Morgan fingerprint density at radius 3 is 2.80 bits per heavy atom. The molecular formula is C25H25N3O2. The summed E-state index contributed by atoms with van der Waals surface area (Å²) >= 11 is 0. The standard InChI is InChI=1S/C25H25N3O2/c1-30-21-12-9-19(10-13-21)23-8-4-17-28(23)25(29)14-11-20-18-27(16-5-15-26)24-7-3-2-6-22(20)24/h2-3,6-7,9-14,18,23H,4-5,8,16-17H2,1H3/b14-11+. The summed E-state index contributed by atoms with van der Waals surface area (Å²) in [7, 11) is 1.66. The number of benzene rings is 2. The van der Waals surface area contributed by atoms with Gasteiger partial charge in [0.15, 0.2) is 0 Å². The number of ether oxygens (including phenoxy) is 1. The van der Waals surface area contributed by atoms with Crippen molar-refractivity contribution >= 4 is 22.9 Å². The predicted molar refractivity (Wildman–Crippen MR) is 118 cm³/mol. The molecule has 2 aromatic carbocycles. The summed E-state index contributed by atoms with van der Waals surface area (Å²) in [5, 5.41) is 10.0. The third-order valence-corrected chi connectivity index (χ3v) is 5.73. The van der Waals surface area contributed by atoms with Gasteiger partial charge in [0.25, 0.3) is 0 Å². The Hall–Kier alpha value is -3.52. The number of aryl methyl sites for hydroxylation is 1. The Morgan fingerprint density at radius 1 is 1.23 bits per heavy atom. The molecule has 0 saturated carbocycles. The van der Waals surface area contributed by atoms with Gasteiger partial charge in [-0.25, -0.2) is 0 Å². The number of amides is 1. The minimum absolute atomic E-state index is 0.0298. The van der Waals surface area contributed by atoms with Gasteiger partial charge >= 0.3 is 0 Å². The third-order valence-electron chi connectivity index (χ3n) is 5.73. The summed E-state index contributed by atoms with van der Waals surface area (Å²) in [5.74, 6) is 0.851. The Morgan fingerprint density at radius 2 is 2.03 bits per heavy atom. The number of aromatic nitrogens is 1. The third kappa shape index (κ3) is 3.95. The van der Waals surface area contributed by atoms with E-state index in [1.54, 1.807) is 13.2 Å². The van der Waals surface area contributed by atoms with Crippen LogP contribution in [0.1, 0.15) is 36.4 Å². The van der Waals surface area contributed by atoms with Crippen molar-refractivity contribution in [2.24, 2.45) is 0 Å². The fourth-order valence-electron chi connectivity index (χ4n) is 4.22. The van der Waals surface area contributed by atoms with Gasteiger partial charge in [0.2, 0.25) is 5.91 Å². The fourth-order valence-corrected chi connectivity index (χ4v) is 4.22. The molecule has 0 N–H and O–H groups in total. The highest BCUT2D eigenvalue weighted by atomic mass is 16.5. The number of carbonyl (C=O) groups excluding carboxylic acids is 1. The highest BCUT2D eigenvalue weighted by Gasteiger charge is 2.28. The molecule has 1 aliphatic heterocycles. The van der Waals surface area contributed by atoms with Crippen molar-refractivity contribution in [1.29, 1.82) is 5.26 Å². The first-order chi connectivity index (χ1) is 14.7. The first-order valence-corrected chi connectivity index (χ1v) is 10.3. The van der Waals surface area contributed by atoms with Crippen molar-refractivity contribution in [1.82, 2.24) is 9.47 Å². The zero-order chi connectivity index (χ0) is 20.9. The average Bonchev–Trinajstić information content (AvgIpc) is 3.41. The van der Waals surface area contributed by atoms with Crippen LogP contribution in [0.15, 0.2) is 60.8 Å². The van der Waals surface area contributed by atoms with Gasteiger partial charge in [0.1, 0.15) is 5.75 Å². The number of methoxy groups -OCH3 is 1. The molecule has 1 saturated heterocycles. The van der Waals surface area contributed by atoms with Gasteiger partial charge in [-0.2, -0.15) is 5.26 Å². The van der Waals surface area contributed by atoms with Gasteiger partial charge < -0.3 is 14.2 Å². The van der Waals surface area contributed by atoms with Crippen molar-refractivity contribution in [3.05, 3.63) is 71.9 Å². The lowest BCUT2D eigenvalue weighted by Gasteiger charge is -2.24. The van der Waals surface area contributed by atoms with Crippen LogP contribution < -0.4 is 4.74 Å². The van der Waals surface area contributed by atoms with Gasteiger partial charge in [0.05, 0.1) is 25.6 Å². The molecule has 1 aromatic heterocycles. The molecule has 1 aliphatic rings. The molecule has 1 unspecified atom stereocenters. The van der Waals surface area contributed by atoms with Crippen molar-refractivity contribution < 1.29 is 9.53 Å². The number of para-hydroxylation sites is 1. The molecule has 4 rings (SSSR count). The second-order valence-corrected chi connectivity index (χ2v) is 7.50. The van der Waals surface area contributed by atoms with Gasteiger partial charge in [-0.05, 0) is 42.7 Å². The lowest BCUT2D eigenvalue weighted by molar-refractivity contribution is -0.126. The lowest BCUT2D eigenvalue weighted by Crippen LogP contribution is -2.28. The van der Waals surface area contributed by atoms with E-state index in [0.717, 1.165) is 47.2 Å². The van der Waals surface area contributed by atoms with Crippen molar-refractivity contribution in [3.8, 4) is 11.8 Å². The predicted octanol–water partition coefficient (Wildman–Crippen LogP) is 4.94. The van der Waals surface area contributed by atoms with E-state index in [-0.39, 0.29) is 11.9 Å². The topological polar surface area (TPSA) is 58.3 Å². The summed E-state index contributed by atoms with van der Waals surface area (Å²) in [6, 6.07) is 18.4. The minimum atomic E-state index is 0.0298. The van der Waals surface area contributed by atoms with Crippen LogP contribution in [0, 0.1) is 11.3 Å². The molecule has 30 heavy (non-hydrogen) atoms. The zero-order valence-corrected chi connectivity index (χ0v) is 17.1. The van der Waals surface area contributed by atoms with E-state index in [4.69, 9.17) is 10.00 Å². The molecule has 5 nitrogen and oxygen atoms in total. The highest BCUT2D eigenvalue weighted by Crippen LogP contribution is 2.33. The molecule has 0 radical (unpaired) electrons. The van der Waals surface area contributed by atoms with E-state index < -0.39 is 0 Å². The summed E-state index contributed by atoms with van der Waals surface area (Å²) < 4.78 is 7.33. The van der Waals surface area contributed by atoms with Crippen molar-refractivity contribution in [2.45, 2.75) is 31.8 Å². The molecular weight excluding hydrogens is 374 g/mol. The van der Waals surface area contributed by atoms with Gasteiger partial charge in [0, 0.05) is 41.8 Å². The smallest absolute Gasteiger partial charge is 0.247 e. The maximum absolute atomic E-state index is 13.0. The second kappa shape index (κ2) is 8.87. The summed E-state index contributed by atoms with van der Waals surface area (Å²) in [6.07, 6.45) is 8.03. The van der Waals surface area contributed by atoms with Crippen LogP contribution in [0.3, 0.4) is 0 Å². The Bertz CT molecular complexity index is 1110. The van der Waals surface area contributed by atoms with Crippen LogP contribution in [0.25, 0.3) is 17.0 Å². The monoisotopic (exact) mass is 399 g/mol. The highest BCUT2D eigenvalue weighted by molar-refractivity contribution is 5.96. The molecule has 1 atom stereocenters. The van der Waals surface area contributed by atoms with Gasteiger partial charge in [-0.15, -0.1) is 0 Å². The normalized spacial score (nSPS) is 16.3. The number of rotatable bonds is 6. The van der Waals surface area contributed by atoms with Crippen molar-refractivity contribution in [2.75, 3.05) is 13.7 Å². The maximum Gasteiger partial charge on any atom is 0.247 e. The fraction of sp³-hybridized carbons (Fsp3) is 0.280. The van der Waals surface area contributed by atoms with Crippen LogP contribution in [-0.2, 0) is 11.3 Å². The largest absolute Gasteiger partial charge is 0.497 e. The molecule has 5 heteroatoms. The number of carbonyl (C=O) groups is 1. The zero-order valence-electron chi connectivity index (χ0n) is 17.1. The minimum Gasteiger partial charge on any atom is -0.497 e. The molecule has 3 aromatic rings. The van der Waals surface area contributed by atoms with Crippen LogP contribution in [0.2, 0.25) is 0 Å². The average molecular weight is 399 g/mol. The summed E-state index contributed by atoms with van der Waals surface area (Å²) in [4.78, 5) is 15.0. The number of nitrogens with zero attached hydrogens (tertiary/aromatic N) is 3. The Kier molecular flexibility index (Phi) is 5.85. The second-order valence-electron chi connectivity index (χ2n) is 7.50. The SMILES string of the molecule is COc1ccc(C2CCCN2C(=O)/C=C/c2cn(CCC#N)c3ccccc23)cc1. The Labute approximate surface area is 176 Å². The maximum atomic E-state index is 13.0. The van der Waals surface area contributed by atoms with Gasteiger partial charge in [-0.1, -0.05) is 30.3 Å². The van der Waals surface area contributed by atoms with E-state index in [0.29, 0.717) is 13.0 Å². The van der Waals surface area contributed by atoms with Crippen molar-refractivity contribution in [3.63, 3.8) is 0 Å². The summed E-state index contributed by atoms with van der Waals surface area (Å²) in [5.41, 5.74) is 3.22. The lowest BCUT2D eigenvalue weighted by atomic mass is 10.0. The molecule has 0 aliphatic carbocycles. The molecule has 1 amide bonds. The van der Waals surface area contributed by atoms with Crippen LogP contribution >= 0.6 is 0 Å². The number of likely N-dealkylation sites (tertiary alicyclic amines) is 1. The first kappa shape index (κ1) is 19.8. The number of hydrogen-bond acceptors (Lipinski definition) is 3. The molecule has 152 valence electrons. The van der Waals surface area contributed by atoms with E-state index in [1.165, 1.54) is 0 Å². The first-order valence-electron chi connectivity index (χ1n) is 10.3. The van der Waals surface area contributed by atoms with Crippen LogP contribution in [0.4, 0.5) is 0 Å². The van der Waals surface area contributed by atoms with E-state index in [1.807, 2.05) is 59.6 Å². The number of nitriles is 1. The van der Waals surface area contributed by atoms with Crippen LogP contribution in [0.5, 0.6) is 5.75 Å². The molecule has 2 heterocycles. The quantitative estimate of drug-likeness (QED) is 0.552. The summed E-state index contributed by atoms with van der Waals surface area (Å²) in [6.45, 7) is 1.41. The van der Waals surface area contributed by atoms with Gasteiger partial charge in [-0.3, -0.25) is 4.79 Å². The molecule has 1 fully saturated rings. The van der Waals surface area contributed by atoms with E-state index >= 15 is 0 Å². The number of hydrogen-bond donors (Lipinski definition) is 0. The van der Waals surface area contributed by atoms with E-state index in [2.05, 4.69) is 16.7 Å². The number of fused-ring (bicyclic) bond motifs is 1. The molecule has 0 spiro atoms. The Balaban J connectivity index is 1.55.